The molecule has 1 aromatic carbocycles. The standard InChI is InChI=1S/C15H23N3O2/c1-15(20)8-10-18(11-15)9-4-7-14(19)17-13-6-3-2-5-12(13)16/h2-3,5-6,20H,4,7-11,16H2,1H3,(H,17,19). The fourth-order valence-electron chi connectivity index (χ4n) is 2.52. The fraction of sp³-hybridized carbons (Fsp3) is 0.533. The van der Waals surface area contributed by atoms with Crippen LogP contribution in [0.25, 0.3) is 0 Å². The Balaban J connectivity index is 1.70. The van der Waals surface area contributed by atoms with Gasteiger partial charge in [-0.05, 0) is 38.4 Å². The van der Waals surface area contributed by atoms with Crippen LogP contribution in [0.5, 0.6) is 0 Å². The molecule has 0 saturated carbocycles. The van der Waals surface area contributed by atoms with Gasteiger partial charge in [0.2, 0.25) is 5.91 Å². The molecular formula is C15H23N3O2. The van der Waals surface area contributed by atoms with Crippen molar-refractivity contribution in [2.45, 2.75) is 31.8 Å². The summed E-state index contributed by atoms with van der Waals surface area (Å²) in [6, 6.07) is 7.25. The molecule has 5 nitrogen and oxygen atoms in total. The molecule has 1 saturated heterocycles. The normalized spacial score (nSPS) is 22.9. The largest absolute Gasteiger partial charge is 0.397 e. The first-order valence-electron chi connectivity index (χ1n) is 7.05. The van der Waals surface area contributed by atoms with Crippen LogP contribution in [0.1, 0.15) is 26.2 Å². The zero-order valence-corrected chi connectivity index (χ0v) is 11.9. The third-order valence-corrected chi connectivity index (χ3v) is 3.64. The van der Waals surface area contributed by atoms with Gasteiger partial charge in [-0.2, -0.15) is 0 Å². The Morgan fingerprint density at radius 1 is 1.50 bits per heavy atom. The van der Waals surface area contributed by atoms with Crippen LogP contribution in [0.2, 0.25) is 0 Å². The van der Waals surface area contributed by atoms with E-state index in [-0.39, 0.29) is 5.91 Å². The maximum Gasteiger partial charge on any atom is 0.224 e. The van der Waals surface area contributed by atoms with Gasteiger partial charge in [0.25, 0.3) is 0 Å². The third kappa shape index (κ3) is 4.21. The number of nitrogens with one attached hydrogen (secondary N) is 1. The minimum Gasteiger partial charge on any atom is -0.397 e. The number of nitrogens with two attached hydrogens (primary N) is 1. The highest BCUT2D eigenvalue weighted by Crippen LogP contribution is 2.20. The van der Waals surface area contributed by atoms with E-state index in [1.54, 1.807) is 12.1 Å². The number of para-hydroxylation sites is 2. The Hall–Kier alpha value is -1.59. The molecule has 1 aromatic rings. The third-order valence-electron chi connectivity index (χ3n) is 3.64. The monoisotopic (exact) mass is 277 g/mol. The Labute approximate surface area is 119 Å². The Kier molecular flexibility index (Phi) is 4.62. The Bertz CT molecular complexity index is 474. The van der Waals surface area contributed by atoms with Crippen molar-refractivity contribution in [3.63, 3.8) is 0 Å². The van der Waals surface area contributed by atoms with Crippen LogP contribution >= 0.6 is 0 Å². The second-order valence-corrected chi connectivity index (χ2v) is 5.76. The highest BCUT2D eigenvalue weighted by Gasteiger charge is 2.30. The van der Waals surface area contributed by atoms with Crippen LogP contribution in [0.3, 0.4) is 0 Å². The molecule has 1 fully saturated rings. The van der Waals surface area contributed by atoms with E-state index < -0.39 is 5.60 Å². The molecule has 0 aromatic heterocycles. The van der Waals surface area contributed by atoms with Crippen molar-refractivity contribution in [3.8, 4) is 0 Å². The predicted molar refractivity (Wildman–Crippen MR) is 80.4 cm³/mol. The Morgan fingerprint density at radius 2 is 2.25 bits per heavy atom. The van der Waals surface area contributed by atoms with Crippen LogP contribution in [0.4, 0.5) is 11.4 Å². The molecule has 0 radical (unpaired) electrons. The first-order chi connectivity index (χ1) is 9.46. The number of nitrogen functional groups attached to an aromatic ring is 1. The average molecular weight is 277 g/mol. The quantitative estimate of drug-likeness (QED) is 0.712. The first-order valence-corrected chi connectivity index (χ1v) is 7.05. The van der Waals surface area contributed by atoms with Crippen molar-refractivity contribution < 1.29 is 9.90 Å². The number of hydrogen-bond acceptors (Lipinski definition) is 4. The molecule has 0 spiro atoms. The van der Waals surface area contributed by atoms with Crippen LogP contribution < -0.4 is 11.1 Å². The summed E-state index contributed by atoms with van der Waals surface area (Å²) in [6.07, 6.45) is 2.06. The topological polar surface area (TPSA) is 78.6 Å². The fourth-order valence-corrected chi connectivity index (χ4v) is 2.52. The molecule has 1 atom stereocenters. The van der Waals surface area contributed by atoms with E-state index >= 15 is 0 Å². The second kappa shape index (κ2) is 6.24. The van der Waals surface area contributed by atoms with E-state index in [4.69, 9.17) is 5.73 Å². The van der Waals surface area contributed by atoms with Gasteiger partial charge in [-0.15, -0.1) is 0 Å². The minimum atomic E-state index is -0.569. The number of carbonyl (C=O) groups excluding carboxylic acids is 1. The van der Waals surface area contributed by atoms with E-state index in [0.717, 1.165) is 25.9 Å². The molecule has 4 N–H and O–H groups in total. The molecule has 0 aliphatic carbocycles. The minimum absolute atomic E-state index is 0.0196. The highest BCUT2D eigenvalue weighted by atomic mass is 16.3. The Morgan fingerprint density at radius 3 is 2.90 bits per heavy atom. The number of aliphatic hydroxyl groups is 1. The zero-order valence-electron chi connectivity index (χ0n) is 11.9. The molecule has 1 heterocycles. The number of carbonyl (C=O) groups is 1. The molecule has 1 amide bonds. The van der Waals surface area contributed by atoms with E-state index in [1.165, 1.54) is 0 Å². The summed E-state index contributed by atoms with van der Waals surface area (Å²) in [5, 5.41) is 12.7. The number of hydrogen-bond donors (Lipinski definition) is 3. The predicted octanol–water partition coefficient (Wildman–Crippen LogP) is 1.44. The lowest BCUT2D eigenvalue weighted by Gasteiger charge is -2.18. The van der Waals surface area contributed by atoms with Gasteiger partial charge in [-0.25, -0.2) is 0 Å². The maximum atomic E-state index is 11.8. The number of nitrogens with zero attached hydrogens (tertiary/aromatic N) is 1. The van der Waals surface area contributed by atoms with Crippen molar-refractivity contribution in [1.29, 1.82) is 0 Å². The summed E-state index contributed by atoms with van der Waals surface area (Å²) < 4.78 is 0. The van der Waals surface area contributed by atoms with Crippen LogP contribution in [-0.4, -0.2) is 41.1 Å². The summed E-state index contributed by atoms with van der Waals surface area (Å²) in [6.45, 7) is 4.30. The van der Waals surface area contributed by atoms with Gasteiger partial charge in [-0.1, -0.05) is 12.1 Å². The number of anilines is 2. The smallest absolute Gasteiger partial charge is 0.224 e. The molecule has 20 heavy (non-hydrogen) atoms. The molecule has 1 unspecified atom stereocenters. The van der Waals surface area contributed by atoms with Gasteiger partial charge in [0.05, 0.1) is 17.0 Å². The summed E-state index contributed by atoms with van der Waals surface area (Å²) >= 11 is 0. The molecule has 1 aliphatic rings. The lowest BCUT2D eigenvalue weighted by molar-refractivity contribution is -0.116. The van der Waals surface area contributed by atoms with E-state index in [9.17, 15) is 9.90 Å². The number of rotatable bonds is 5. The molecular weight excluding hydrogens is 254 g/mol. The SMILES string of the molecule is CC1(O)CCN(CCCC(=O)Nc2ccccc2N)C1. The summed E-state index contributed by atoms with van der Waals surface area (Å²) in [7, 11) is 0. The lowest BCUT2D eigenvalue weighted by Crippen LogP contribution is -2.30. The van der Waals surface area contributed by atoms with Crippen LogP contribution in [-0.2, 0) is 4.79 Å². The lowest BCUT2D eigenvalue weighted by atomic mass is 10.1. The maximum absolute atomic E-state index is 11.8. The average Bonchev–Trinajstić information content (AvgIpc) is 2.72. The van der Waals surface area contributed by atoms with Crippen LogP contribution in [0.15, 0.2) is 24.3 Å². The van der Waals surface area contributed by atoms with Crippen molar-refractivity contribution in [2.75, 3.05) is 30.7 Å². The second-order valence-electron chi connectivity index (χ2n) is 5.76. The van der Waals surface area contributed by atoms with E-state index in [2.05, 4.69) is 10.2 Å². The van der Waals surface area contributed by atoms with E-state index in [0.29, 0.717) is 24.3 Å². The first kappa shape index (κ1) is 14.8. The molecule has 0 bridgehead atoms. The summed E-state index contributed by atoms with van der Waals surface area (Å²) in [5.41, 5.74) is 6.46. The van der Waals surface area contributed by atoms with Gasteiger partial charge < -0.3 is 21.1 Å². The van der Waals surface area contributed by atoms with Gasteiger partial charge in [-0.3, -0.25) is 4.79 Å². The number of likely N-dealkylation sites (tertiary alicyclic amines) is 1. The molecule has 1 aliphatic heterocycles. The van der Waals surface area contributed by atoms with E-state index in [1.807, 2.05) is 19.1 Å². The number of benzene rings is 1. The van der Waals surface area contributed by atoms with Crippen molar-refractivity contribution in [1.82, 2.24) is 4.90 Å². The summed E-state index contributed by atoms with van der Waals surface area (Å²) in [4.78, 5) is 14.0. The number of amides is 1. The van der Waals surface area contributed by atoms with Gasteiger partial charge in [0.15, 0.2) is 0 Å². The van der Waals surface area contributed by atoms with Crippen LogP contribution in [0, 0.1) is 0 Å². The van der Waals surface area contributed by atoms with Gasteiger partial charge in [0, 0.05) is 19.5 Å². The van der Waals surface area contributed by atoms with Crippen molar-refractivity contribution in [3.05, 3.63) is 24.3 Å². The van der Waals surface area contributed by atoms with Gasteiger partial charge in [0.1, 0.15) is 0 Å². The van der Waals surface area contributed by atoms with Crippen molar-refractivity contribution in [2.24, 2.45) is 0 Å². The highest BCUT2D eigenvalue weighted by molar-refractivity contribution is 5.93. The molecule has 2 rings (SSSR count). The van der Waals surface area contributed by atoms with Gasteiger partial charge >= 0.3 is 0 Å². The molecule has 5 heteroatoms. The zero-order chi connectivity index (χ0) is 14.6. The summed E-state index contributed by atoms with van der Waals surface area (Å²) in [5.74, 6) is -0.0196. The number of β-amino-alcohol motifs (C(OH)–C–C–N with tert-alkyl or cyclic N) is 1. The molecule has 110 valence electrons. The van der Waals surface area contributed by atoms with Crippen molar-refractivity contribution >= 4 is 17.3 Å².